The van der Waals surface area contributed by atoms with Gasteiger partial charge in [0.1, 0.15) is 6.10 Å². The SMILES string of the molecule is CCCCCCC(=O)OC1C(O)C(C)OC(O)C1OC(=O)C(=Cc1ccc(O)c(OC)c1)CC(CCO)c1cccc(CCO)c1. The van der Waals surface area contributed by atoms with Crippen molar-refractivity contribution in [3.63, 3.8) is 0 Å². The van der Waals surface area contributed by atoms with E-state index < -0.39 is 42.6 Å². The van der Waals surface area contributed by atoms with Gasteiger partial charge in [-0.25, -0.2) is 4.79 Å². The van der Waals surface area contributed by atoms with Crippen molar-refractivity contribution in [2.75, 3.05) is 20.3 Å². The van der Waals surface area contributed by atoms with Crippen molar-refractivity contribution in [3.8, 4) is 11.5 Å². The van der Waals surface area contributed by atoms with E-state index in [0.29, 0.717) is 24.8 Å². The number of aliphatic hydroxyl groups excluding tert-OH is 4. The maximum absolute atomic E-state index is 13.9. The van der Waals surface area contributed by atoms with Crippen molar-refractivity contribution in [1.82, 2.24) is 0 Å². The fraction of sp³-hybridized carbons (Fsp3) is 0.543. The maximum atomic E-state index is 13.9. The summed E-state index contributed by atoms with van der Waals surface area (Å²) in [5.74, 6) is -1.70. The number of esters is 2. The van der Waals surface area contributed by atoms with Crippen LogP contribution < -0.4 is 4.74 Å². The van der Waals surface area contributed by atoms with E-state index in [9.17, 15) is 35.1 Å². The van der Waals surface area contributed by atoms with E-state index in [2.05, 4.69) is 6.92 Å². The molecule has 0 radical (unpaired) electrons. The molecule has 254 valence electrons. The molecule has 0 aromatic heterocycles. The molecule has 6 unspecified atom stereocenters. The fourth-order valence-corrected chi connectivity index (χ4v) is 5.50. The Bertz CT molecular complexity index is 1290. The number of aromatic hydroxyl groups is 1. The van der Waals surface area contributed by atoms with Gasteiger partial charge >= 0.3 is 11.9 Å². The van der Waals surface area contributed by atoms with Crippen molar-refractivity contribution in [2.24, 2.45) is 0 Å². The minimum atomic E-state index is -1.68. The molecule has 3 rings (SSSR count). The standard InChI is InChI=1S/C35H48O11/c1-4-5-6-7-11-30(39)45-32-31(40)22(2)44-35(42)33(32)46-34(41)27(19-24-12-13-28(38)29(20-24)43-3)21-26(15-17-37)25-10-8-9-23(18-25)14-16-36/h8-10,12-13,18-20,22,26,31-33,35-38,40,42H,4-7,11,14-17,21H2,1-3H3. The summed E-state index contributed by atoms with van der Waals surface area (Å²) in [7, 11) is 1.40. The largest absolute Gasteiger partial charge is 0.504 e. The number of phenols is 1. The van der Waals surface area contributed by atoms with E-state index in [1.807, 2.05) is 24.3 Å². The van der Waals surface area contributed by atoms with Crippen LogP contribution in [0.15, 0.2) is 48.0 Å². The van der Waals surface area contributed by atoms with Crippen LogP contribution >= 0.6 is 0 Å². The molecule has 11 nitrogen and oxygen atoms in total. The number of ether oxygens (including phenoxy) is 4. The highest BCUT2D eigenvalue weighted by Crippen LogP contribution is 2.33. The summed E-state index contributed by atoms with van der Waals surface area (Å²) < 4.78 is 22.0. The van der Waals surface area contributed by atoms with E-state index in [1.54, 1.807) is 18.2 Å². The number of carbonyl (C=O) groups excluding carboxylic acids is 2. The normalized spacial score (nSPS) is 22.2. The lowest BCUT2D eigenvalue weighted by molar-refractivity contribution is -0.285. The molecule has 0 aliphatic carbocycles. The van der Waals surface area contributed by atoms with E-state index >= 15 is 0 Å². The first kappa shape index (κ1) is 37.0. The first-order valence-electron chi connectivity index (χ1n) is 15.9. The monoisotopic (exact) mass is 644 g/mol. The maximum Gasteiger partial charge on any atom is 0.334 e. The third-order valence-corrected chi connectivity index (χ3v) is 8.10. The Morgan fingerprint density at radius 1 is 1.00 bits per heavy atom. The molecule has 2 aromatic carbocycles. The molecule has 6 atom stereocenters. The molecule has 5 N–H and O–H groups in total. The minimum Gasteiger partial charge on any atom is -0.504 e. The van der Waals surface area contributed by atoms with Crippen LogP contribution in [0.3, 0.4) is 0 Å². The van der Waals surface area contributed by atoms with Gasteiger partial charge in [0.05, 0.1) is 13.2 Å². The zero-order valence-electron chi connectivity index (χ0n) is 26.8. The molecular formula is C35H48O11. The van der Waals surface area contributed by atoms with Crippen LogP contribution in [0.5, 0.6) is 11.5 Å². The molecule has 1 heterocycles. The van der Waals surface area contributed by atoms with Gasteiger partial charge in [0.15, 0.2) is 30.0 Å². The van der Waals surface area contributed by atoms with Crippen molar-refractivity contribution in [3.05, 3.63) is 64.7 Å². The summed E-state index contributed by atoms with van der Waals surface area (Å²) in [6.45, 7) is 3.37. The molecule has 1 saturated heterocycles. The highest BCUT2D eigenvalue weighted by atomic mass is 16.7. The van der Waals surface area contributed by atoms with Crippen LogP contribution in [0.1, 0.15) is 81.4 Å². The number of methoxy groups -OCH3 is 1. The number of benzene rings is 2. The zero-order valence-corrected chi connectivity index (χ0v) is 26.8. The smallest absolute Gasteiger partial charge is 0.334 e. The van der Waals surface area contributed by atoms with Crippen molar-refractivity contribution < 1.29 is 54.1 Å². The Morgan fingerprint density at radius 2 is 1.78 bits per heavy atom. The van der Waals surface area contributed by atoms with Crippen LogP contribution in [0.2, 0.25) is 0 Å². The van der Waals surface area contributed by atoms with Crippen molar-refractivity contribution in [2.45, 2.75) is 102 Å². The van der Waals surface area contributed by atoms with E-state index in [-0.39, 0.29) is 49.0 Å². The van der Waals surface area contributed by atoms with Crippen LogP contribution in [0.4, 0.5) is 0 Å². The van der Waals surface area contributed by atoms with E-state index in [1.165, 1.54) is 20.1 Å². The van der Waals surface area contributed by atoms with Gasteiger partial charge in [-0.1, -0.05) is 56.5 Å². The van der Waals surface area contributed by atoms with Gasteiger partial charge in [-0.15, -0.1) is 0 Å². The average molecular weight is 645 g/mol. The summed E-state index contributed by atoms with van der Waals surface area (Å²) in [5.41, 5.74) is 2.37. The lowest BCUT2D eigenvalue weighted by atomic mass is 9.87. The Hall–Kier alpha value is -3.48. The lowest BCUT2D eigenvalue weighted by Gasteiger charge is -2.40. The van der Waals surface area contributed by atoms with Crippen LogP contribution in [-0.4, -0.2) is 88.5 Å². The Morgan fingerprint density at radius 3 is 2.48 bits per heavy atom. The Labute approximate surface area is 270 Å². The van der Waals surface area contributed by atoms with E-state index in [4.69, 9.17) is 18.9 Å². The van der Waals surface area contributed by atoms with Gasteiger partial charge in [0.25, 0.3) is 0 Å². The molecule has 2 aromatic rings. The molecule has 0 amide bonds. The summed E-state index contributed by atoms with van der Waals surface area (Å²) >= 11 is 0. The molecule has 1 aliphatic heterocycles. The number of hydrogen-bond donors (Lipinski definition) is 5. The van der Waals surface area contributed by atoms with Gasteiger partial charge in [-0.05, 0) is 73.4 Å². The van der Waals surface area contributed by atoms with E-state index in [0.717, 1.165) is 30.4 Å². The van der Waals surface area contributed by atoms with Crippen LogP contribution in [-0.2, 0) is 30.2 Å². The Kier molecular flexibility index (Phi) is 15.0. The second-order valence-corrected chi connectivity index (χ2v) is 11.6. The topological polar surface area (TPSA) is 172 Å². The number of aliphatic hydroxyl groups is 4. The van der Waals surface area contributed by atoms with Crippen molar-refractivity contribution >= 4 is 18.0 Å². The van der Waals surface area contributed by atoms with Crippen LogP contribution in [0, 0.1) is 0 Å². The third kappa shape index (κ3) is 10.5. The number of phenolic OH excluding ortho intramolecular Hbond substituents is 1. The molecule has 0 bridgehead atoms. The molecule has 11 heteroatoms. The summed E-state index contributed by atoms with van der Waals surface area (Å²) in [5, 5.41) is 51.1. The highest BCUT2D eigenvalue weighted by Gasteiger charge is 2.48. The quantitative estimate of drug-likeness (QED) is 0.0964. The second-order valence-electron chi connectivity index (χ2n) is 11.6. The first-order valence-corrected chi connectivity index (χ1v) is 15.9. The fourth-order valence-electron chi connectivity index (χ4n) is 5.50. The van der Waals surface area contributed by atoms with Gasteiger partial charge in [-0.2, -0.15) is 0 Å². The highest BCUT2D eigenvalue weighted by molar-refractivity contribution is 5.94. The first-order chi connectivity index (χ1) is 22.1. The molecule has 1 fully saturated rings. The van der Waals surface area contributed by atoms with Gasteiger partial charge in [0, 0.05) is 25.2 Å². The zero-order chi connectivity index (χ0) is 33.6. The Balaban J connectivity index is 1.95. The molecular weight excluding hydrogens is 596 g/mol. The number of carbonyl (C=O) groups is 2. The molecule has 46 heavy (non-hydrogen) atoms. The summed E-state index contributed by atoms with van der Waals surface area (Å²) in [6.07, 6.45) is -0.952. The van der Waals surface area contributed by atoms with Crippen molar-refractivity contribution in [1.29, 1.82) is 0 Å². The second kappa shape index (κ2) is 18.6. The lowest BCUT2D eigenvalue weighted by Crippen LogP contribution is -2.59. The summed E-state index contributed by atoms with van der Waals surface area (Å²) in [4.78, 5) is 26.6. The molecule has 0 saturated carbocycles. The van der Waals surface area contributed by atoms with Gasteiger partial charge < -0.3 is 44.5 Å². The summed E-state index contributed by atoms with van der Waals surface area (Å²) in [6, 6.07) is 12.1. The van der Waals surface area contributed by atoms with Gasteiger partial charge in [-0.3, -0.25) is 4.79 Å². The number of hydrogen-bond acceptors (Lipinski definition) is 11. The minimum absolute atomic E-state index is 0.0327. The predicted octanol–water partition coefficient (Wildman–Crippen LogP) is 3.77. The molecule has 0 spiro atoms. The predicted molar refractivity (Wildman–Crippen MR) is 170 cm³/mol. The average Bonchev–Trinajstić information content (AvgIpc) is 3.04. The number of rotatable bonds is 17. The number of unbranched alkanes of at least 4 members (excludes halogenated alkanes) is 3. The van der Waals surface area contributed by atoms with Crippen LogP contribution in [0.25, 0.3) is 6.08 Å². The third-order valence-electron chi connectivity index (χ3n) is 8.10. The van der Waals surface area contributed by atoms with Gasteiger partial charge in [0.2, 0.25) is 0 Å². The molecule has 1 aliphatic rings.